The normalized spacial score (nSPS) is 12.8. The molecule has 0 bridgehead atoms. The van der Waals surface area contributed by atoms with E-state index in [2.05, 4.69) is 87.5 Å². The number of fused-ring (bicyclic) bond motifs is 3. The summed E-state index contributed by atoms with van der Waals surface area (Å²) in [6.07, 6.45) is 3.31. The Morgan fingerprint density at radius 1 is 0.720 bits per heavy atom. The van der Waals surface area contributed by atoms with Crippen molar-refractivity contribution >= 4 is 0 Å². The van der Waals surface area contributed by atoms with Gasteiger partial charge in [-0.2, -0.15) is 0 Å². The third-order valence-corrected chi connectivity index (χ3v) is 5.45. The maximum atomic E-state index is 2.31. The molecule has 25 heavy (non-hydrogen) atoms. The van der Waals surface area contributed by atoms with Crippen LogP contribution in [0.2, 0.25) is 0 Å². The Morgan fingerprint density at radius 2 is 1.44 bits per heavy atom. The molecule has 0 radical (unpaired) electrons. The first-order valence-corrected chi connectivity index (χ1v) is 9.31. The molecular formula is C25H26. The number of hydrogen-bond donors (Lipinski definition) is 0. The van der Waals surface area contributed by atoms with Crippen molar-refractivity contribution in [3.05, 3.63) is 94.5 Å². The van der Waals surface area contributed by atoms with Crippen molar-refractivity contribution in [3.8, 4) is 11.1 Å². The second-order valence-electron chi connectivity index (χ2n) is 8.22. The molecular weight excluding hydrogens is 300 g/mol. The van der Waals surface area contributed by atoms with Gasteiger partial charge in [0.1, 0.15) is 0 Å². The Morgan fingerprint density at radius 3 is 2.20 bits per heavy atom. The molecule has 0 unspecified atom stereocenters. The van der Waals surface area contributed by atoms with Gasteiger partial charge in [-0.05, 0) is 63.6 Å². The van der Waals surface area contributed by atoms with Crippen LogP contribution in [0.5, 0.6) is 0 Å². The molecule has 3 aromatic rings. The summed E-state index contributed by atoms with van der Waals surface area (Å²) in [5.74, 6) is 0. The van der Waals surface area contributed by atoms with Crippen LogP contribution in [0.15, 0.2) is 66.7 Å². The number of aryl methyl sites for hydroxylation is 2. The van der Waals surface area contributed by atoms with Gasteiger partial charge in [0, 0.05) is 0 Å². The molecule has 0 N–H and O–H groups in total. The van der Waals surface area contributed by atoms with Crippen LogP contribution in [0.1, 0.15) is 48.6 Å². The first-order chi connectivity index (χ1) is 12.0. The molecule has 0 saturated carbocycles. The number of hydrogen-bond acceptors (Lipinski definition) is 0. The number of benzene rings is 3. The fourth-order valence-electron chi connectivity index (χ4n) is 3.91. The molecule has 1 aliphatic carbocycles. The molecule has 1 aliphatic rings. The monoisotopic (exact) mass is 326 g/mol. The van der Waals surface area contributed by atoms with Crippen LogP contribution in [-0.4, -0.2) is 0 Å². The second kappa shape index (κ2) is 6.19. The van der Waals surface area contributed by atoms with E-state index < -0.39 is 0 Å². The lowest BCUT2D eigenvalue weighted by atomic mass is 9.86. The molecule has 0 spiro atoms. The summed E-state index contributed by atoms with van der Waals surface area (Å²) in [5, 5.41) is 0. The van der Waals surface area contributed by atoms with Gasteiger partial charge in [0.2, 0.25) is 0 Å². The van der Waals surface area contributed by atoms with Gasteiger partial charge in [0.25, 0.3) is 0 Å². The molecule has 0 aliphatic heterocycles. The van der Waals surface area contributed by atoms with Crippen molar-refractivity contribution < 1.29 is 0 Å². The first-order valence-electron chi connectivity index (χ1n) is 9.31. The first kappa shape index (κ1) is 16.1. The van der Waals surface area contributed by atoms with E-state index in [0.717, 1.165) is 19.3 Å². The summed E-state index contributed by atoms with van der Waals surface area (Å²) in [7, 11) is 0. The summed E-state index contributed by atoms with van der Waals surface area (Å²) in [5.41, 5.74) is 10.5. The predicted octanol–water partition coefficient (Wildman–Crippen LogP) is 6.34. The Hall–Kier alpha value is -2.34. The molecule has 0 heteroatoms. The molecule has 0 fully saturated rings. The van der Waals surface area contributed by atoms with E-state index >= 15 is 0 Å². The maximum absolute atomic E-state index is 2.31. The van der Waals surface area contributed by atoms with Crippen LogP contribution in [-0.2, 0) is 24.7 Å². The van der Waals surface area contributed by atoms with Gasteiger partial charge >= 0.3 is 0 Å². The minimum Gasteiger partial charge on any atom is -0.0619 e. The van der Waals surface area contributed by atoms with Crippen LogP contribution in [0, 0.1) is 0 Å². The van der Waals surface area contributed by atoms with Gasteiger partial charge in [-0.1, -0.05) is 87.5 Å². The van der Waals surface area contributed by atoms with Crippen LogP contribution < -0.4 is 0 Å². The molecule has 0 amide bonds. The van der Waals surface area contributed by atoms with E-state index in [0.29, 0.717) is 0 Å². The Bertz CT molecular complexity index is 892. The summed E-state index contributed by atoms with van der Waals surface area (Å²) in [6.45, 7) is 6.81. The molecule has 126 valence electrons. The SMILES string of the molecule is CC(C)(C)c1ccc(CCc2cccc3c2Cc2ccccc2-3)cc1. The summed E-state index contributed by atoms with van der Waals surface area (Å²) < 4.78 is 0. The topological polar surface area (TPSA) is 0 Å². The lowest BCUT2D eigenvalue weighted by molar-refractivity contribution is 0.590. The van der Waals surface area contributed by atoms with Gasteiger partial charge < -0.3 is 0 Å². The predicted molar refractivity (Wildman–Crippen MR) is 107 cm³/mol. The highest BCUT2D eigenvalue weighted by Gasteiger charge is 2.20. The summed E-state index contributed by atoms with van der Waals surface area (Å²) in [6, 6.07) is 24.8. The van der Waals surface area contributed by atoms with Crippen LogP contribution in [0.4, 0.5) is 0 Å². The fourth-order valence-corrected chi connectivity index (χ4v) is 3.91. The highest BCUT2D eigenvalue weighted by Crippen LogP contribution is 2.38. The van der Waals surface area contributed by atoms with Crippen molar-refractivity contribution in [2.45, 2.75) is 45.4 Å². The Kier molecular flexibility index (Phi) is 4.00. The molecule has 4 rings (SSSR count). The quantitative estimate of drug-likeness (QED) is 0.412. The van der Waals surface area contributed by atoms with Gasteiger partial charge in [0.15, 0.2) is 0 Å². The lowest BCUT2D eigenvalue weighted by Crippen LogP contribution is -2.10. The zero-order chi connectivity index (χ0) is 17.4. The molecule has 0 saturated heterocycles. The van der Waals surface area contributed by atoms with Crippen molar-refractivity contribution in [1.82, 2.24) is 0 Å². The van der Waals surface area contributed by atoms with E-state index in [4.69, 9.17) is 0 Å². The Balaban J connectivity index is 1.54. The molecule has 3 aromatic carbocycles. The minimum absolute atomic E-state index is 0.227. The molecule has 0 aromatic heterocycles. The average Bonchev–Trinajstić information content (AvgIpc) is 2.99. The van der Waals surface area contributed by atoms with Crippen LogP contribution in [0.3, 0.4) is 0 Å². The molecule has 0 nitrogen and oxygen atoms in total. The van der Waals surface area contributed by atoms with E-state index in [9.17, 15) is 0 Å². The second-order valence-corrected chi connectivity index (χ2v) is 8.22. The third-order valence-electron chi connectivity index (χ3n) is 5.45. The summed E-state index contributed by atoms with van der Waals surface area (Å²) >= 11 is 0. The largest absolute Gasteiger partial charge is 0.0619 e. The van der Waals surface area contributed by atoms with E-state index in [-0.39, 0.29) is 5.41 Å². The summed E-state index contributed by atoms with van der Waals surface area (Å²) in [4.78, 5) is 0. The van der Waals surface area contributed by atoms with Crippen LogP contribution >= 0.6 is 0 Å². The standard InChI is InChI=1S/C25H26/c1-25(2,3)21-15-12-18(13-16-21)11-14-19-8-6-10-23-22-9-5-4-7-20(22)17-24(19)23/h4-10,12-13,15-16H,11,14,17H2,1-3H3. The van der Waals surface area contributed by atoms with E-state index in [1.165, 1.54) is 38.9 Å². The molecule has 0 atom stereocenters. The highest BCUT2D eigenvalue weighted by molar-refractivity contribution is 5.77. The van der Waals surface area contributed by atoms with Crippen molar-refractivity contribution in [2.75, 3.05) is 0 Å². The van der Waals surface area contributed by atoms with E-state index in [1.54, 1.807) is 0 Å². The average molecular weight is 326 g/mol. The highest BCUT2D eigenvalue weighted by atomic mass is 14.2. The third kappa shape index (κ3) is 3.14. The maximum Gasteiger partial charge on any atom is -0.00107 e. The van der Waals surface area contributed by atoms with Crippen molar-refractivity contribution in [2.24, 2.45) is 0 Å². The van der Waals surface area contributed by atoms with Crippen LogP contribution in [0.25, 0.3) is 11.1 Å². The van der Waals surface area contributed by atoms with Crippen molar-refractivity contribution in [3.63, 3.8) is 0 Å². The van der Waals surface area contributed by atoms with Gasteiger partial charge in [-0.3, -0.25) is 0 Å². The fraction of sp³-hybridized carbons (Fsp3) is 0.280. The van der Waals surface area contributed by atoms with Gasteiger partial charge in [-0.25, -0.2) is 0 Å². The molecule has 0 heterocycles. The van der Waals surface area contributed by atoms with Crippen molar-refractivity contribution in [1.29, 1.82) is 0 Å². The van der Waals surface area contributed by atoms with Gasteiger partial charge in [0.05, 0.1) is 0 Å². The lowest BCUT2D eigenvalue weighted by Gasteiger charge is -2.19. The van der Waals surface area contributed by atoms with Gasteiger partial charge in [-0.15, -0.1) is 0 Å². The zero-order valence-electron chi connectivity index (χ0n) is 15.5. The van der Waals surface area contributed by atoms with E-state index in [1.807, 2.05) is 0 Å². The minimum atomic E-state index is 0.227. The zero-order valence-corrected chi connectivity index (χ0v) is 15.5. The smallest absolute Gasteiger partial charge is 0.00107 e. The number of rotatable bonds is 3. The Labute approximate surface area is 151 Å².